The topological polar surface area (TPSA) is 77.0 Å². The lowest BCUT2D eigenvalue weighted by Crippen LogP contribution is -2.10. The third-order valence-electron chi connectivity index (χ3n) is 2.49. The fourth-order valence-electron chi connectivity index (χ4n) is 1.66. The summed E-state index contributed by atoms with van der Waals surface area (Å²) in [4.78, 5) is 8.23. The molecular weight excluding hydrogens is 220 g/mol. The third-order valence-corrected chi connectivity index (χ3v) is 2.49. The number of aryl methyl sites for hydroxylation is 2. The largest absolute Gasteiger partial charge is 0.449 e. The number of aliphatic hydroxyl groups excluding tert-OH is 1. The van der Waals surface area contributed by atoms with Gasteiger partial charge in [0.25, 0.3) is 0 Å². The SMILES string of the molecule is CCCn1ncnc1CC(O)c1coc(C)n1. The van der Waals surface area contributed by atoms with Gasteiger partial charge in [-0.3, -0.25) is 4.68 Å². The van der Waals surface area contributed by atoms with Crippen LogP contribution in [0.2, 0.25) is 0 Å². The van der Waals surface area contributed by atoms with Crippen molar-refractivity contribution in [2.24, 2.45) is 0 Å². The Hall–Kier alpha value is -1.69. The van der Waals surface area contributed by atoms with Crippen LogP contribution in [0.1, 0.15) is 36.9 Å². The summed E-state index contributed by atoms with van der Waals surface area (Å²) in [7, 11) is 0. The molecule has 0 bridgehead atoms. The Morgan fingerprint density at radius 1 is 1.53 bits per heavy atom. The van der Waals surface area contributed by atoms with Crippen LogP contribution in [0.5, 0.6) is 0 Å². The van der Waals surface area contributed by atoms with Crippen LogP contribution in [0.3, 0.4) is 0 Å². The Morgan fingerprint density at radius 3 is 3.00 bits per heavy atom. The van der Waals surface area contributed by atoms with Crippen LogP contribution in [-0.4, -0.2) is 24.9 Å². The zero-order chi connectivity index (χ0) is 12.3. The van der Waals surface area contributed by atoms with E-state index in [-0.39, 0.29) is 0 Å². The van der Waals surface area contributed by atoms with Crippen molar-refractivity contribution in [1.29, 1.82) is 0 Å². The lowest BCUT2D eigenvalue weighted by molar-refractivity contribution is 0.169. The Kier molecular flexibility index (Phi) is 3.53. The highest BCUT2D eigenvalue weighted by atomic mass is 16.3. The van der Waals surface area contributed by atoms with Crippen LogP contribution in [0, 0.1) is 6.92 Å². The first-order valence-electron chi connectivity index (χ1n) is 5.67. The zero-order valence-electron chi connectivity index (χ0n) is 10.00. The van der Waals surface area contributed by atoms with Crippen molar-refractivity contribution in [3.63, 3.8) is 0 Å². The molecular formula is C11H16N4O2. The number of hydrogen-bond acceptors (Lipinski definition) is 5. The summed E-state index contributed by atoms with van der Waals surface area (Å²) in [6.45, 7) is 4.62. The maximum atomic E-state index is 9.99. The molecule has 0 saturated heterocycles. The highest BCUT2D eigenvalue weighted by molar-refractivity contribution is 5.03. The van der Waals surface area contributed by atoms with Crippen LogP contribution < -0.4 is 0 Å². The van der Waals surface area contributed by atoms with E-state index in [0.29, 0.717) is 18.0 Å². The van der Waals surface area contributed by atoms with E-state index in [1.807, 2.05) is 0 Å². The summed E-state index contributed by atoms with van der Waals surface area (Å²) < 4.78 is 6.87. The Morgan fingerprint density at radius 2 is 2.35 bits per heavy atom. The van der Waals surface area contributed by atoms with E-state index in [2.05, 4.69) is 22.0 Å². The third kappa shape index (κ3) is 2.71. The summed E-state index contributed by atoms with van der Waals surface area (Å²) >= 11 is 0. The van der Waals surface area contributed by atoms with E-state index in [9.17, 15) is 5.11 Å². The maximum Gasteiger partial charge on any atom is 0.191 e. The molecule has 2 heterocycles. The summed E-state index contributed by atoms with van der Waals surface area (Å²) in [6, 6.07) is 0. The fraction of sp³-hybridized carbons (Fsp3) is 0.545. The molecule has 0 spiro atoms. The minimum absolute atomic E-state index is 0.395. The van der Waals surface area contributed by atoms with Gasteiger partial charge in [-0.15, -0.1) is 0 Å². The van der Waals surface area contributed by atoms with Crippen molar-refractivity contribution in [2.75, 3.05) is 0 Å². The molecule has 1 unspecified atom stereocenters. The molecule has 2 aromatic heterocycles. The highest BCUT2D eigenvalue weighted by Gasteiger charge is 2.16. The molecule has 0 fully saturated rings. The number of nitrogens with zero attached hydrogens (tertiary/aromatic N) is 4. The Labute approximate surface area is 99.3 Å². The summed E-state index contributed by atoms with van der Waals surface area (Å²) in [5.74, 6) is 1.31. The minimum Gasteiger partial charge on any atom is -0.449 e. The molecule has 2 rings (SSSR count). The standard InChI is InChI=1S/C11H16N4O2/c1-3-4-15-11(12-7-13-15)5-10(16)9-6-17-8(2)14-9/h6-7,10,16H,3-5H2,1-2H3. The second kappa shape index (κ2) is 5.09. The van der Waals surface area contributed by atoms with Gasteiger partial charge < -0.3 is 9.52 Å². The number of aliphatic hydroxyl groups is 1. The molecule has 2 aromatic rings. The number of rotatable bonds is 5. The molecule has 0 radical (unpaired) electrons. The second-order valence-corrected chi connectivity index (χ2v) is 3.91. The fourth-order valence-corrected chi connectivity index (χ4v) is 1.66. The van der Waals surface area contributed by atoms with E-state index in [1.54, 1.807) is 11.6 Å². The van der Waals surface area contributed by atoms with Crippen LogP contribution >= 0.6 is 0 Å². The van der Waals surface area contributed by atoms with E-state index in [0.717, 1.165) is 18.8 Å². The van der Waals surface area contributed by atoms with Gasteiger partial charge in [-0.05, 0) is 6.42 Å². The van der Waals surface area contributed by atoms with Crippen LogP contribution in [-0.2, 0) is 13.0 Å². The maximum absolute atomic E-state index is 9.99. The zero-order valence-corrected chi connectivity index (χ0v) is 10.00. The van der Waals surface area contributed by atoms with Gasteiger partial charge in [-0.2, -0.15) is 5.10 Å². The molecule has 1 atom stereocenters. The van der Waals surface area contributed by atoms with Crippen LogP contribution in [0.25, 0.3) is 0 Å². The Bertz CT molecular complexity index is 477. The van der Waals surface area contributed by atoms with Crippen LogP contribution in [0.4, 0.5) is 0 Å². The van der Waals surface area contributed by atoms with Gasteiger partial charge in [0, 0.05) is 19.9 Å². The predicted molar refractivity (Wildman–Crippen MR) is 60.2 cm³/mol. The van der Waals surface area contributed by atoms with Crippen molar-refractivity contribution < 1.29 is 9.52 Å². The molecule has 92 valence electrons. The molecule has 0 saturated carbocycles. The van der Waals surface area contributed by atoms with E-state index >= 15 is 0 Å². The van der Waals surface area contributed by atoms with E-state index < -0.39 is 6.10 Å². The van der Waals surface area contributed by atoms with E-state index in [4.69, 9.17) is 4.42 Å². The molecule has 0 aromatic carbocycles. The van der Waals surface area contributed by atoms with Gasteiger partial charge in [0.1, 0.15) is 30.2 Å². The molecule has 6 nitrogen and oxygen atoms in total. The van der Waals surface area contributed by atoms with Crippen molar-refractivity contribution in [3.05, 3.63) is 30.0 Å². The second-order valence-electron chi connectivity index (χ2n) is 3.91. The molecule has 0 aliphatic rings. The van der Waals surface area contributed by atoms with Crippen molar-refractivity contribution >= 4 is 0 Å². The van der Waals surface area contributed by atoms with Crippen LogP contribution in [0.15, 0.2) is 17.0 Å². The van der Waals surface area contributed by atoms with Gasteiger partial charge >= 0.3 is 0 Å². The Balaban J connectivity index is 2.07. The smallest absolute Gasteiger partial charge is 0.191 e. The van der Waals surface area contributed by atoms with Gasteiger partial charge in [0.2, 0.25) is 0 Å². The molecule has 17 heavy (non-hydrogen) atoms. The van der Waals surface area contributed by atoms with Crippen molar-refractivity contribution in [1.82, 2.24) is 19.7 Å². The van der Waals surface area contributed by atoms with Gasteiger partial charge in [0.05, 0.1) is 0 Å². The number of hydrogen-bond donors (Lipinski definition) is 1. The average molecular weight is 236 g/mol. The lowest BCUT2D eigenvalue weighted by Gasteiger charge is -2.08. The normalized spacial score (nSPS) is 12.9. The highest BCUT2D eigenvalue weighted by Crippen LogP contribution is 2.16. The summed E-state index contributed by atoms with van der Waals surface area (Å²) in [5.41, 5.74) is 0.536. The molecule has 1 N–H and O–H groups in total. The number of oxazole rings is 1. The molecule has 6 heteroatoms. The summed E-state index contributed by atoms with van der Waals surface area (Å²) in [5, 5.41) is 14.1. The van der Waals surface area contributed by atoms with Gasteiger partial charge in [-0.1, -0.05) is 6.92 Å². The first-order chi connectivity index (χ1) is 8.20. The van der Waals surface area contributed by atoms with Crippen molar-refractivity contribution in [2.45, 2.75) is 39.3 Å². The monoisotopic (exact) mass is 236 g/mol. The number of aromatic nitrogens is 4. The minimum atomic E-state index is -0.702. The van der Waals surface area contributed by atoms with Gasteiger partial charge in [-0.25, -0.2) is 9.97 Å². The molecule has 0 aliphatic heterocycles. The average Bonchev–Trinajstić information content (AvgIpc) is 2.89. The van der Waals surface area contributed by atoms with E-state index in [1.165, 1.54) is 12.6 Å². The predicted octanol–water partition coefficient (Wildman–Crippen LogP) is 1.26. The first kappa shape index (κ1) is 11.8. The first-order valence-corrected chi connectivity index (χ1v) is 5.67. The van der Waals surface area contributed by atoms with Gasteiger partial charge in [0.15, 0.2) is 5.89 Å². The molecule has 0 amide bonds. The van der Waals surface area contributed by atoms with Crippen molar-refractivity contribution in [3.8, 4) is 0 Å². The quantitative estimate of drug-likeness (QED) is 0.845. The molecule has 0 aliphatic carbocycles. The lowest BCUT2D eigenvalue weighted by atomic mass is 10.2. The summed E-state index contributed by atoms with van der Waals surface area (Å²) in [6.07, 6.45) is 3.65.